The van der Waals surface area contributed by atoms with Crippen molar-refractivity contribution in [3.8, 4) is 57.1 Å². The Hall–Kier alpha value is -9.73. The van der Waals surface area contributed by atoms with Crippen LogP contribution in [0.15, 0.2) is 78.9 Å². The number of likely N-dealkylation sites (N-methyl/N-ethyl adjacent to an activating group) is 1. The highest BCUT2D eigenvalue weighted by Gasteiger charge is 2.52. The Morgan fingerprint density at radius 1 is 0.636 bits per heavy atom. The molecule has 0 aromatic heterocycles. The van der Waals surface area contributed by atoms with Gasteiger partial charge in [0.15, 0.2) is 29.9 Å². The number of halogens is 2. The number of rotatable bonds is 29. The van der Waals surface area contributed by atoms with E-state index in [2.05, 4.69) is 44.1 Å². The van der Waals surface area contributed by atoms with Gasteiger partial charge in [-0.2, -0.15) is 0 Å². The molecule has 0 unspecified atom stereocenters. The number of fused-ring (bicyclic) bond motifs is 15. The Kier molecular flexibility index (Phi) is 34.1. The van der Waals surface area contributed by atoms with E-state index in [1.807, 2.05) is 13.8 Å². The Morgan fingerprint density at radius 3 is 1.73 bits per heavy atom. The molecule has 22 N–H and O–H groups in total. The second-order valence-electron chi connectivity index (χ2n) is 31.8. The molecule has 5 aromatic rings. The number of phenolic OH excluding ortho intramolecular Hbond substituents is 3. The molecule has 37 heteroatoms. The number of carboxylic acid groups (broad SMARTS) is 2. The molecule has 0 spiro atoms. The molecule has 12 rings (SSSR count). The summed E-state index contributed by atoms with van der Waals surface area (Å²) < 4.78 is 38.3. The van der Waals surface area contributed by atoms with Crippen molar-refractivity contribution in [2.45, 2.75) is 266 Å². The molecule has 662 valence electrons. The van der Waals surface area contributed by atoms with Crippen LogP contribution in [0.25, 0.3) is 11.1 Å². The van der Waals surface area contributed by atoms with Gasteiger partial charge in [-0.05, 0) is 117 Å². The van der Waals surface area contributed by atoms with Crippen LogP contribution in [0.1, 0.15) is 215 Å². The predicted molar refractivity (Wildman–Crippen MR) is 436 cm³/mol. The van der Waals surface area contributed by atoms with Crippen molar-refractivity contribution in [1.82, 2.24) is 37.2 Å². The Bertz CT molecular complexity index is 4500. The number of phenols is 3. The molecular formula is C84H111Cl2N9O26. The normalized spacial score (nSPS) is 26.4. The average Bonchev–Trinajstić information content (AvgIpc) is 0.764. The van der Waals surface area contributed by atoms with Gasteiger partial charge in [-0.25, -0.2) is 4.79 Å². The van der Waals surface area contributed by atoms with Crippen molar-refractivity contribution in [1.29, 1.82) is 0 Å². The number of primary amides is 1. The number of ether oxygens (including phenoxy) is 6. The van der Waals surface area contributed by atoms with E-state index < -0.39 is 243 Å². The number of carbonyl (C=O) groups is 9. The van der Waals surface area contributed by atoms with Gasteiger partial charge in [0.2, 0.25) is 53.4 Å². The molecule has 35 nitrogen and oxygen atoms in total. The van der Waals surface area contributed by atoms with Crippen LogP contribution in [-0.2, 0) is 57.4 Å². The number of unbranched alkanes of at least 4 members (excludes halogenated alkanes) is 14. The Balaban J connectivity index is 0.000000734. The van der Waals surface area contributed by atoms with E-state index in [0.29, 0.717) is 6.42 Å². The fourth-order valence-corrected chi connectivity index (χ4v) is 15.6. The zero-order chi connectivity index (χ0) is 88.4. The number of amides is 7. The summed E-state index contributed by atoms with van der Waals surface area (Å²) >= 11 is 14.1. The second kappa shape index (κ2) is 43.4. The topological polar surface area (TPSA) is 568 Å². The van der Waals surface area contributed by atoms with E-state index in [1.54, 1.807) is 0 Å². The summed E-state index contributed by atoms with van der Waals surface area (Å²) in [4.78, 5) is 127. The summed E-state index contributed by atoms with van der Waals surface area (Å²) in [7, 11) is 1.47. The lowest BCUT2D eigenvalue weighted by molar-refractivity contribution is -0.333. The summed E-state index contributed by atoms with van der Waals surface area (Å²) in [6.45, 7) is 7.93. The van der Waals surface area contributed by atoms with Crippen LogP contribution in [0.5, 0.6) is 46.0 Å². The number of nitrogens with one attached hydrogen (secondary N) is 7. The molecule has 7 amide bonds. The summed E-state index contributed by atoms with van der Waals surface area (Å²) in [5, 5.41) is 139. The number of carboxylic acids is 2. The maximum absolute atomic E-state index is 16.0. The van der Waals surface area contributed by atoms with Gasteiger partial charge in [-0.3, -0.25) is 38.4 Å². The Labute approximate surface area is 708 Å². The number of hydrogen-bond donors (Lipinski definition) is 20. The molecule has 7 aliphatic rings. The molecule has 0 aliphatic carbocycles. The number of hydrogen-bond acceptors (Lipinski definition) is 26. The largest absolute Gasteiger partial charge is 0.508 e. The van der Waals surface area contributed by atoms with Gasteiger partial charge in [0.05, 0.1) is 41.3 Å². The summed E-state index contributed by atoms with van der Waals surface area (Å²) in [6.07, 6.45) is 1.65. The highest BCUT2D eigenvalue weighted by Crippen LogP contribution is 2.50. The highest BCUT2D eigenvalue weighted by atomic mass is 35.5. The SMILES string of the molecule is CCCCCCCCCCCCCCCCCC(=O)O.CN[C@H](CC(C)C)C(=O)N[C@H]1C(=O)N[C@@H](CC(N)=O)C(=O)N[C@H]2C(=O)N[C@H]3C(=O)N[C@H](C(=O)N[C@H](C(=O)O)c4cc(O)cc(O)c4-c4cc3ccc4O)[C@H](O)c3ccc(c(Cl)c3)Oc3cc2cc(c3O[C@@H]2O[C@H](CO)[C@@H](O)[C@H](O)[C@H]2O[C@H]2C[C@](C)(N)[C@H](O)[C@H](C)O2)Oc2ccc(cc2Cl)[C@H]1O. The average molecular weight is 1730 g/mol. The maximum atomic E-state index is 16.0. The zero-order valence-corrected chi connectivity index (χ0v) is 69.5. The monoisotopic (exact) mass is 1730 g/mol. The van der Waals surface area contributed by atoms with Gasteiger partial charge in [-0.15, -0.1) is 0 Å². The standard InChI is InChI=1S/C66H75Cl2N9O24.C18H36O2/c1-23(2)12-34(71-5)58(88)76-49-51(83)26-7-10-38(32(67)14-26)97-40-16-28-17-41(55(40)101-65-56(54(86)53(85)42(22-78)99-65)100-44-21-66(4,70)57(87)24(3)96-44)98-39-11-8-27(15-33(39)68)52(84)50-63(93)75-48(64(94)95)31-18-29(79)19-37(81)45(31)30-13-25(6-9-36(30)80)46(60(90)77-50)74-61(91)47(28)73-59(89)35(20-43(69)82)72-62(49)92;1-2-3-4-5-6-7-8-9-10-11-12-13-14-15-16-17-18(19)20/h6-11,13-19,23-24,34-35,42,44,46-54,56-57,65,71,78-81,83-87H,12,20-22,70H2,1-5H3,(H2,69,82)(H,72,92)(H,73,89)(H,74,91)(H,75,93)(H,76,88)(H,77,90)(H,94,95);2-17H2,1H3,(H,19,20)/t24-,34+,35-,42+,44-,46+,47+,48-,49+,50-,51+,52+,53+,54-,56+,57+,65-,66-;/m0./s1. The van der Waals surface area contributed by atoms with E-state index in [1.165, 1.54) is 116 Å². The van der Waals surface area contributed by atoms with Gasteiger partial charge in [0.25, 0.3) is 0 Å². The first-order chi connectivity index (χ1) is 57.4. The minimum absolute atomic E-state index is 0.0975. The lowest BCUT2D eigenvalue weighted by atomic mass is 9.86. The van der Waals surface area contributed by atoms with E-state index in [0.717, 1.165) is 79.6 Å². The van der Waals surface area contributed by atoms with Crippen LogP contribution in [0.2, 0.25) is 10.0 Å². The first-order valence-electron chi connectivity index (χ1n) is 40.6. The lowest BCUT2D eigenvalue weighted by Gasteiger charge is -2.47. The number of aliphatic carboxylic acids is 2. The van der Waals surface area contributed by atoms with Crippen LogP contribution in [0, 0.1) is 5.92 Å². The first-order valence-corrected chi connectivity index (χ1v) is 41.4. The summed E-state index contributed by atoms with van der Waals surface area (Å²) in [5.74, 6) is -16.6. The van der Waals surface area contributed by atoms with Gasteiger partial charge >= 0.3 is 11.9 Å². The number of aromatic hydroxyl groups is 3. The van der Waals surface area contributed by atoms with Crippen LogP contribution in [0.4, 0.5) is 0 Å². The maximum Gasteiger partial charge on any atom is 0.330 e. The van der Waals surface area contributed by atoms with Crippen molar-refractivity contribution in [3.63, 3.8) is 0 Å². The van der Waals surface area contributed by atoms with E-state index >= 15 is 14.4 Å². The number of benzene rings is 5. The van der Waals surface area contributed by atoms with Gasteiger partial charge in [0.1, 0.15) is 89.5 Å². The summed E-state index contributed by atoms with van der Waals surface area (Å²) in [5.41, 5.74) is 8.00. The number of aliphatic hydroxyl groups excluding tert-OH is 6. The van der Waals surface area contributed by atoms with Gasteiger partial charge in [0, 0.05) is 41.1 Å². The van der Waals surface area contributed by atoms with Crippen molar-refractivity contribution in [2.75, 3.05) is 13.7 Å². The third kappa shape index (κ3) is 24.6. The fraction of sp³-hybridized carbons (Fsp3) is 0.536. The van der Waals surface area contributed by atoms with Gasteiger partial charge < -0.3 is 133 Å². The van der Waals surface area contributed by atoms with Crippen molar-refractivity contribution in [2.24, 2.45) is 17.4 Å². The van der Waals surface area contributed by atoms with Crippen LogP contribution in [-0.4, -0.2) is 202 Å². The van der Waals surface area contributed by atoms with Crippen molar-refractivity contribution < 1.29 is 128 Å². The second-order valence-corrected chi connectivity index (χ2v) is 32.6. The molecule has 0 saturated carbocycles. The quantitative estimate of drug-likeness (QED) is 0.0229. The molecule has 7 heterocycles. The summed E-state index contributed by atoms with van der Waals surface area (Å²) in [6, 6.07) is -0.679. The minimum Gasteiger partial charge on any atom is -0.508 e. The zero-order valence-electron chi connectivity index (χ0n) is 68.0. The van der Waals surface area contributed by atoms with Crippen LogP contribution >= 0.6 is 23.2 Å². The third-order valence-electron chi connectivity index (χ3n) is 21.8. The molecule has 7 aliphatic heterocycles. The molecule has 0 radical (unpaired) electrons. The predicted octanol–water partition coefficient (Wildman–Crippen LogP) is 6.44. The molecule has 5 aromatic carbocycles. The third-order valence-corrected chi connectivity index (χ3v) is 22.4. The molecule has 11 bridgehead atoms. The van der Waals surface area contributed by atoms with E-state index in [9.17, 15) is 79.8 Å². The fourth-order valence-electron chi connectivity index (χ4n) is 15.1. The molecule has 2 fully saturated rings. The smallest absolute Gasteiger partial charge is 0.330 e. The lowest BCUT2D eigenvalue weighted by Crippen LogP contribution is -2.64. The molecule has 121 heavy (non-hydrogen) atoms. The number of carbonyl (C=O) groups excluding carboxylic acids is 7. The van der Waals surface area contributed by atoms with Crippen molar-refractivity contribution in [3.05, 3.63) is 117 Å². The molecule has 2 saturated heterocycles. The minimum atomic E-state index is -2.35. The van der Waals surface area contributed by atoms with E-state index in [-0.39, 0.29) is 46.2 Å². The number of nitrogens with two attached hydrogens (primary N) is 2. The molecular weight excluding hydrogens is 1620 g/mol. The van der Waals surface area contributed by atoms with E-state index in [4.69, 9.17) is 68.2 Å². The Morgan fingerprint density at radius 2 is 1.19 bits per heavy atom. The van der Waals surface area contributed by atoms with Gasteiger partial charge in [-0.1, -0.05) is 152 Å². The van der Waals surface area contributed by atoms with Crippen LogP contribution < -0.4 is 62.9 Å². The first kappa shape index (κ1) is 95.1. The van der Waals surface area contributed by atoms with Crippen LogP contribution in [0.3, 0.4) is 0 Å². The number of aliphatic hydroxyl groups is 6. The molecule has 18 atom stereocenters. The van der Waals surface area contributed by atoms with Crippen molar-refractivity contribution >= 4 is 76.5 Å². The highest BCUT2D eigenvalue weighted by molar-refractivity contribution is 6.32.